The maximum Gasteiger partial charge on any atom is 0.189 e. The number of nitrogens with zero attached hydrogens (tertiary/aromatic N) is 7. The third-order valence-electron chi connectivity index (χ3n) is 4.25. The lowest BCUT2D eigenvalue weighted by molar-refractivity contribution is 0.557. The van der Waals surface area contributed by atoms with Crippen molar-refractivity contribution in [2.45, 2.75) is 33.1 Å². The van der Waals surface area contributed by atoms with Crippen LogP contribution in [0.25, 0.3) is 16.9 Å². The number of nitriles is 1. The van der Waals surface area contributed by atoms with E-state index in [1.165, 1.54) is 4.63 Å². The van der Waals surface area contributed by atoms with Crippen LogP contribution in [0.5, 0.6) is 0 Å². The Balaban J connectivity index is 1.81. The van der Waals surface area contributed by atoms with Gasteiger partial charge in [0.25, 0.3) is 0 Å². The van der Waals surface area contributed by atoms with Gasteiger partial charge >= 0.3 is 0 Å². The molecule has 3 aromatic heterocycles. The summed E-state index contributed by atoms with van der Waals surface area (Å²) < 4.78 is 1.53. The fraction of sp³-hybridized carbons (Fsp3) is 0.263. The van der Waals surface area contributed by atoms with Crippen molar-refractivity contribution in [1.82, 2.24) is 30.0 Å². The maximum atomic E-state index is 9.62. The Morgan fingerprint density at radius 1 is 1.11 bits per heavy atom. The normalized spacial score (nSPS) is 12.1. The molecule has 0 saturated heterocycles. The molecule has 28 heavy (non-hydrogen) atoms. The number of rotatable bonds is 3. The van der Waals surface area contributed by atoms with Crippen LogP contribution >= 0.6 is 0 Å². The van der Waals surface area contributed by atoms with Gasteiger partial charge in [-0.2, -0.15) is 15.5 Å². The Bertz CT molecular complexity index is 1210. The van der Waals surface area contributed by atoms with Crippen molar-refractivity contribution >= 4 is 17.2 Å². The molecule has 140 valence electrons. The molecule has 4 rings (SSSR count). The number of H-pyrrole nitrogens is 2. The van der Waals surface area contributed by atoms with Crippen LogP contribution in [-0.4, -0.2) is 30.0 Å². The van der Waals surface area contributed by atoms with Gasteiger partial charge in [-0.1, -0.05) is 51.1 Å². The number of aromatic nitrogens is 6. The van der Waals surface area contributed by atoms with Crippen LogP contribution in [0.2, 0.25) is 0 Å². The molecule has 0 spiro atoms. The number of azo groups is 1. The summed E-state index contributed by atoms with van der Waals surface area (Å²) in [6.07, 6.45) is 0. The van der Waals surface area contributed by atoms with Crippen LogP contribution in [0.1, 0.15) is 37.9 Å². The van der Waals surface area contributed by atoms with Gasteiger partial charge in [0.1, 0.15) is 23.2 Å². The zero-order chi connectivity index (χ0) is 19.9. The summed E-state index contributed by atoms with van der Waals surface area (Å²) >= 11 is 0. The van der Waals surface area contributed by atoms with E-state index in [2.05, 4.69) is 41.7 Å². The van der Waals surface area contributed by atoms with Crippen LogP contribution in [0, 0.1) is 18.3 Å². The molecule has 9 nitrogen and oxygen atoms in total. The first-order valence-corrected chi connectivity index (χ1v) is 8.80. The first-order valence-electron chi connectivity index (χ1n) is 8.80. The van der Waals surface area contributed by atoms with Crippen LogP contribution in [0.4, 0.5) is 11.5 Å². The number of aryl methyl sites for hydroxylation is 1. The molecule has 0 amide bonds. The van der Waals surface area contributed by atoms with Crippen molar-refractivity contribution in [3.8, 4) is 17.3 Å². The van der Waals surface area contributed by atoms with E-state index in [9.17, 15) is 5.26 Å². The van der Waals surface area contributed by atoms with Crippen molar-refractivity contribution in [3.05, 3.63) is 47.4 Å². The minimum Gasteiger partial charge on any atom is -0.324 e. The highest BCUT2D eigenvalue weighted by Crippen LogP contribution is 2.35. The monoisotopic (exact) mass is 373 g/mol. The molecule has 0 aliphatic rings. The van der Waals surface area contributed by atoms with Crippen molar-refractivity contribution in [1.29, 1.82) is 5.26 Å². The number of hydrogen-bond acceptors (Lipinski definition) is 6. The molecule has 1 aromatic carbocycles. The van der Waals surface area contributed by atoms with Gasteiger partial charge in [-0.15, -0.1) is 20.0 Å². The first kappa shape index (κ1) is 17.6. The van der Waals surface area contributed by atoms with Crippen LogP contribution < -0.4 is 0 Å². The smallest absolute Gasteiger partial charge is 0.189 e. The molecule has 0 atom stereocenters. The predicted octanol–water partition coefficient (Wildman–Crippen LogP) is 4.34. The standard InChI is InChI=1S/C19H19N9/c1-11-21-18-15(16(19(2,3)4)27-28(18)26-11)23-25-17-13(10-20)14(22-24-17)12-8-6-5-7-9-12/h5-9H,1-4H3,(H,21,26)(H,22,24). The highest BCUT2D eigenvalue weighted by molar-refractivity contribution is 5.72. The Morgan fingerprint density at radius 2 is 1.86 bits per heavy atom. The van der Waals surface area contributed by atoms with E-state index in [-0.39, 0.29) is 5.41 Å². The third kappa shape index (κ3) is 2.95. The molecule has 3 heterocycles. The summed E-state index contributed by atoms with van der Waals surface area (Å²) in [5.74, 6) is 1.03. The van der Waals surface area contributed by atoms with E-state index in [0.29, 0.717) is 28.4 Å². The zero-order valence-corrected chi connectivity index (χ0v) is 16.0. The zero-order valence-electron chi connectivity index (χ0n) is 16.0. The molecule has 2 N–H and O–H groups in total. The first-order chi connectivity index (χ1) is 13.4. The number of nitrogens with one attached hydrogen (secondary N) is 2. The second kappa shape index (κ2) is 6.42. The van der Waals surface area contributed by atoms with Gasteiger partial charge in [0, 0.05) is 11.0 Å². The molecular weight excluding hydrogens is 354 g/mol. The average Bonchev–Trinajstić information content (AvgIpc) is 3.32. The van der Waals surface area contributed by atoms with Gasteiger partial charge in [-0.05, 0) is 6.92 Å². The molecule has 9 heteroatoms. The Labute approximate surface area is 161 Å². The van der Waals surface area contributed by atoms with Gasteiger partial charge in [0.05, 0.1) is 5.69 Å². The van der Waals surface area contributed by atoms with Crippen LogP contribution in [0.3, 0.4) is 0 Å². The van der Waals surface area contributed by atoms with Gasteiger partial charge in [0.15, 0.2) is 17.2 Å². The van der Waals surface area contributed by atoms with Crippen molar-refractivity contribution in [2.24, 2.45) is 10.2 Å². The molecule has 0 fully saturated rings. The number of hydrogen-bond donors (Lipinski definition) is 2. The lowest BCUT2D eigenvalue weighted by Gasteiger charge is -2.14. The van der Waals surface area contributed by atoms with Crippen molar-refractivity contribution in [2.75, 3.05) is 0 Å². The summed E-state index contributed by atoms with van der Waals surface area (Å²) in [5.41, 5.74) is 3.49. The van der Waals surface area contributed by atoms with Gasteiger partial charge in [-0.25, -0.2) is 0 Å². The van der Waals surface area contributed by atoms with Gasteiger partial charge in [0.2, 0.25) is 0 Å². The van der Waals surface area contributed by atoms with Gasteiger partial charge < -0.3 is 4.98 Å². The molecule has 0 radical (unpaired) electrons. The molecule has 4 aromatic rings. The Kier molecular flexibility index (Phi) is 4.04. The summed E-state index contributed by atoms with van der Waals surface area (Å²) in [7, 11) is 0. The van der Waals surface area contributed by atoms with E-state index >= 15 is 0 Å². The van der Waals surface area contributed by atoms with E-state index in [1.54, 1.807) is 0 Å². The maximum absolute atomic E-state index is 9.62. The minimum atomic E-state index is -0.252. The highest BCUT2D eigenvalue weighted by Gasteiger charge is 2.26. The van der Waals surface area contributed by atoms with Crippen molar-refractivity contribution in [3.63, 3.8) is 0 Å². The number of fused-ring (bicyclic) bond motifs is 1. The SMILES string of the molecule is Cc1nn2nc(C(C)(C)C)c(N=Nc3[nH]nc(-c4ccccc4)c3C#N)c2[nH]1. The second-order valence-corrected chi connectivity index (χ2v) is 7.47. The lowest BCUT2D eigenvalue weighted by Crippen LogP contribution is -2.12. The molecule has 0 saturated carbocycles. The summed E-state index contributed by atoms with van der Waals surface area (Å²) in [6, 6.07) is 11.7. The molecule has 0 aliphatic heterocycles. The molecule has 0 unspecified atom stereocenters. The highest BCUT2D eigenvalue weighted by atomic mass is 15.5. The van der Waals surface area contributed by atoms with Crippen LogP contribution in [-0.2, 0) is 5.41 Å². The molecule has 0 bridgehead atoms. The minimum absolute atomic E-state index is 0.252. The summed E-state index contributed by atoms with van der Waals surface area (Å²) in [4.78, 5) is 3.16. The van der Waals surface area contributed by atoms with Gasteiger partial charge in [-0.3, -0.25) is 5.10 Å². The number of benzene rings is 1. The Hall–Kier alpha value is -3.80. The average molecular weight is 373 g/mol. The van der Waals surface area contributed by atoms with E-state index in [0.717, 1.165) is 17.1 Å². The van der Waals surface area contributed by atoms with E-state index < -0.39 is 0 Å². The van der Waals surface area contributed by atoms with Crippen molar-refractivity contribution < 1.29 is 0 Å². The number of aromatic amines is 2. The molecule has 0 aliphatic carbocycles. The van der Waals surface area contributed by atoms with E-state index in [1.807, 2.05) is 58.0 Å². The molecular formula is C19H19N9. The fourth-order valence-electron chi connectivity index (χ4n) is 2.93. The largest absolute Gasteiger partial charge is 0.324 e. The summed E-state index contributed by atoms with van der Waals surface area (Å²) in [6.45, 7) is 7.99. The fourth-order valence-corrected chi connectivity index (χ4v) is 2.93. The van der Waals surface area contributed by atoms with E-state index in [4.69, 9.17) is 0 Å². The predicted molar refractivity (Wildman–Crippen MR) is 104 cm³/mol. The Morgan fingerprint density at radius 3 is 2.54 bits per heavy atom. The third-order valence-corrected chi connectivity index (χ3v) is 4.25. The quantitative estimate of drug-likeness (QED) is 0.518. The topological polar surface area (TPSA) is 123 Å². The summed E-state index contributed by atoms with van der Waals surface area (Å²) in [5, 5.41) is 34.2. The van der Waals surface area contributed by atoms with Crippen LogP contribution in [0.15, 0.2) is 40.6 Å². The second-order valence-electron chi connectivity index (χ2n) is 7.47. The lowest BCUT2D eigenvalue weighted by atomic mass is 9.91.